The van der Waals surface area contributed by atoms with Gasteiger partial charge in [0.05, 0.1) is 35.6 Å². The first-order chi connectivity index (χ1) is 9.66. The summed E-state index contributed by atoms with van der Waals surface area (Å²) in [5.74, 6) is -2.20. The van der Waals surface area contributed by atoms with Crippen molar-refractivity contribution in [1.82, 2.24) is 15.0 Å². The first-order valence-corrected chi connectivity index (χ1v) is 6.16. The van der Waals surface area contributed by atoms with Gasteiger partial charge in [-0.2, -0.15) is 0 Å². The second kappa shape index (κ2) is 4.76. The van der Waals surface area contributed by atoms with Crippen LogP contribution in [0, 0.1) is 11.8 Å². The van der Waals surface area contributed by atoms with Gasteiger partial charge in [-0.25, -0.2) is 4.68 Å². The van der Waals surface area contributed by atoms with Crippen LogP contribution in [0.3, 0.4) is 0 Å². The minimum absolute atomic E-state index is 0.273. The number of carboxylic acid groups (broad SMARTS) is 1. The van der Waals surface area contributed by atoms with Gasteiger partial charge in [0.15, 0.2) is 0 Å². The van der Waals surface area contributed by atoms with Crippen LogP contribution < -0.4 is 5.32 Å². The summed E-state index contributed by atoms with van der Waals surface area (Å²) in [6.45, 7) is 0. The number of hydrogen-bond acceptors (Lipinski definition) is 4. The number of benzene rings is 1. The molecule has 0 aliphatic heterocycles. The fourth-order valence-corrected chi connectivity index (χ4v) is 2.10. The van der Waals surface area contributed by atoms with Crippen molar-refractivity contribution in [3.05, 3.63) is 36.7 Å². The molecule has 1 saturated carbocycles. The van der Waals surface area contributed by atoms with Crippen molar-refractivity contribution in [1.29, 1.82) is 0 Å². The smallest absolute Gasteiger partial charge is 0.307 e. The molecule has 2 aromatic rings. The summed E-state index contributed by atoms with van der Waals surface area (Å²) in [5.41, 5.74) is 1.27. The second-order valence-corrected chi connectivity index (χ2v) is 4.64. The Morgan fingerprint density at radius 1 is 1.30 bits per heavy atom. The largest absolute Gasteiger partial charge is 0.481 e. The van der Waals surface area contributed by atoms with Gasteiger partial charge in [0.25, 0.3) is 0 Å². The number of anilines is 1. The van der Waals surface area contributed by atoms with E-state index in [2.05, 4.69) is 15.6 Å². The molecule has 2 unspecified atom stereocenters. The van der Waals surface area contributed by atoms with E-state index in [1.165, 1.54) is 4.68 Å². The maximum absolute atomic E-state index is 12.0. The van der Waals surface area contributed by atoms with Gasteiger partial charge in [0.1, 0.15) is 0 Å². The molecule has 1 aromatic carbocycles. The maximum Gasteiger partial charge on any atom is 0.307 e. The summed E-state index contributed by atoms with van der Waals surface area (Å²) in [6.07, 6.45) is 3.61. The minimum Gasteiger partial charge on any atom is -0.481 e. The van der Waals surface area contributed by atoms with Crippen LogP contribution in [0.5, 0.6) is 0 Å². The molecule has 0 spiro atoms. The summed E-state index contributed by atoms with van der Waals surface area (Å²) in [5, 5.41) is 19.2. The molecule has 1 aliphatic rings. The van der Waals surface area contributed by atoms with Gasteiger partial charge >= 0.3 is 5.97 Å². The number of amides is 1. The molecule has 1 heterocycles. The standard InChI is InChI=1S/C13H12N4O3/c18-12(8-7-9(8)13(19)20)15-10-3-1-2-4-11(10)17-6-5-14-16-17/h1-6,8-9H,7H2,(H,15,18)(H,19,20). The molecule has 2 atom stereocenters. The van der Waals surface area contributed by atoms with E-state index < -0.39 is 17.8 Å². The van der Waals surface area contributed by atoms with Gasteiger partial charge < -0.3 is 10.4 Å². The van der Waals surface area contributed by atoms with Crippen LogP contribution in [0.4, 0.5) is 5.69 Å². The Kier molecular flexibility index (Phi) is 2.94. The van der Waals surface area contributed by atoms with Crippen molar-refractivity contribution < 1.29 is 14.7 Å². The fourth-order valence-electron chi connectivity index (χ4n) is 2.10. The van der Waals surface area contributed by atoms with E-state index in [-0.39, 0.29) is 5.91 Å². The van der Waals surface area contributed by atoms with Gasteiger partial charge in [-0.05, 0) is 18.6 Å². The van der Waals surface area contributed by atoms with E-state index in [9.17, 15) is 9.59 Å². The molecular weight excluding hydrogens is 260 g/mol. The van der Waals surface area contributed by atoms with Crippen LogP contribution in [-0.2, 0) is 9.59 Å². The number of aromatic nitrogens is 3. The molecule has 0 radical (unpaired) electrons. The first-order valence-electron chi connectivity index (χ1n) is 6.16. The lowest BCUT2D eigenvalue weighted by atomic mass is 10.2. The normalized spacial score (nSPS) is 20.4. The lowest BCUT2D eigenvalue weighted by Gasteiger charge is -2.10. The van der Waals surface area contributed by atoms with Crippen molar-refractivity contribution in [2.45, 2.75) is 6.42 Å². The van der Waals surface area contributed by atoms with Crippen molar-refractivity contribution in [2.24, 2.45) is 11.8 Å². The van der Waals surface area contributed by atoms with Crippen molar-refractivity contribution >= 4 is 17.6 Å². The zero-order valence-corrected chi connectivity index (χ0v) is 10.4. The summed E-state index contributed by atoms with van der Waals surface area (Å²) in [7, 11) is 0. The lowest BCUT2D eigenvalue weighted by Crippen LogP contribution is -2.18. The van der Waals surface area contributed by atoms with Gasteiger partial charge in [-0.15, -0.1) is 5.10 Å². The number of carbonyl (C=O) groups excluding carboxylic acids is 1. The highest BCUT2D eigenvalue weighted by Gasteiger charge is 2.48. The molecule has 1 amide bonds. The van der Waals surface area contributed by atoms with Crippen LogP contribution in [0.1, 0.15) is 6.42 Å². The van der Waals surface area contributed by atoms with Crippen LogP contribution in [-0.4, -0.2) is 32.0 Å². The fraction of sp³-hybridized carbons (Fsp3) is 0.231. The molecule has 1 aliphatic carbocycles. The molecule has 7 heteroatoms. The molecule has 20 heavy (non-hydrogen) atoms. The second-order valence-electron chi connectivity index (χ2n) is 4.64. The molecule has 0 saturated heterocycles. The molecule has 0 bridgehead atoms. The van der Waals surface area contributed by atoms with E-state index in [0.717, 1.165) is 0 Å². The minimum atomic E-state index is -0.922. The zero-order chi connectivity index (χ0) is 14.1. The molecular formula is C13H12N4O3. The Bertz CT molecular complexity index is 653. The third-order valence-corrected chi connectivity index (χ3v) is 3.28. The Hall–Kier alpha value is -2.70. The number of carboxylic acids is 1. The number of hydrogen-bond donors (Lipinski definition) is 2. The van der Waals surface area contributed by atoms with Crippen LogP contribution in [0.25, 0.3) is 5.69 Å². The summed E-state index contributed by atoms with van der Waals surface area (Å²) >= 11 is 0. The molecule has 102 valence electrons. The average Bonchev–Trinajstić information content (AvgIpc) is 3.08. The number of nitrogens with zero attached hydrogens (tertiary/aromatic N) is 3. The first kappa shape index (κ1) is 12.3. The Balaban J connectivity index is 1.79. The molecule has 1 aromatic heterocycles. The third-order valence-electron chi connectivity index (χ3n) is 3.28. The van der Waals surface area contributed by atoms with Gasteiger partial charge in [0, 0.05) is 0 Å². The number of aliphatic carboxylic acids is 1. The SMILES string of the molecule is O=C(O)C1CC1C(=O)Nc1ccccc1-n1ccnn1. The molecule has 7 nitrogen and oxygen atoms in total. The Morgan fingerprint density at radius 3 is 2.75 bits per heavy atom. The lowest BCUT2D eigenvalue weighted by molar-refractivity contribution is -0.139. The van der Waals surface area contributed by atoms with Crippen LogP contribution >= 0.6 is 0 Å². The summed E-state index contributed by atoms with van der Waals surface area (Å²) in [4.78, 5) is 22.8. The van der Waals surface area contributed by atoms with Gasteiger partial charge in [0.2, 0.25) is 5.91 Å². The number of rotatable bonds is 4. The van der Waals surface area contributed by atoms with E-state index in [1.807, 2.05) is 6.07 Å². The van der Waals surface area contributed by atoms with Gasteiger partial charge in [-0.1, -0.05) is 17.3 Å². The predicted molar refractivity (Wildman–Crippen MR) is 69.2 cm³/mol. The Labute approximate surface area is 114 Å². The molecule has 3 rings (SSSR count). The van der Waals surface area contributed by atoms with Crippen molar-refractivity contribution in [3.8, 4) is 5.69 Å². The highest BCUT2D eigenvalue weighted by Crippen LogP contribution is 2.39. The summed E-state index contributed by atoms with van der Waals surface area (Å²) in [6, 6.07) is 7.15. The third kappa shape index (κ3) is 2.25. The number of carbonyl (C=O) groups is 2. The van der Waals surface area contributed by atoms with E-state index >= 15 is 0 Å². The highest BCUT2D eigenvalue weighted by atomic mass is 16.4. The van der Waals surface area contributed by atoms with Crippen LogP contribution in [0.15, 0.2) is 36.7 Å². The zero-order valence-electron chi connectivity index (χ0n) is 10.4. The molecule has 2 N–H and O–H groups in total. The number of nitrogens with one attached hydrogen (secondary N) is 1. The monoisotopic (exact) mass is 272 g/mol. The van der Waals surface area contributed by atoms with Crippen molar-refractivity contribution in [3.63, 3.8) is 0 Å². The number of para-hydroxylation sites is 2. The van der Waals surface area contributed by atoms with E-state index in [1.54, 1.807) is 30.6 Å². The van der Waals surface area contributed by atoms with Crippen molar-refractivity contribution in [2.75, 3.05) is 5.32 Å². The average molecular weight is 272 g/mol. The van der Waals surface area contributed by atoms with Crippen LogP contribution in [0.2, 0.25) is 0 Å². The van der Waals surface area contributed by atoms with E-state index in [4.69, 9.17) is 5.11 Å². The quantitative estimate of drug-likeness (QED) is 0.862. The highest BCUT2D eigenvalue weighted by molar-refractivity contribution is 5.99. The van der Waals surface area contributed by atoms with Gasteiger partial charge in [-0.3, -0.25) is 9.59 Å². The van der Waals surface area contributed by atoms with E-state index in [0.29, 0.717) is 17.8 Å². The Morgan fingerprint density at radius 2 is 2.10 bits per heavy atom. The molecule has 1 fully saturated rings. The topological polar surface area (TPSA) is 97.1 Å². The predicted octanol–water partition coefficient (Wildman–Crippen LogP) is 0.927. The summed E-state index contributed by atoms with van der Waals surface area (Å²) < 4.78 is 1.54. The maximum atomic E-state index is 12.0.